The molecule has 1 aromatic rings. The number of hydrogen-bond acceptors (Lipinski definition) is 3. The van der Waals surface area contributed by atoms with Crippen LogP contribution in [0.2, 0.25) is 0 Å². The SMILES string of the molecule is CCCn1cc(N)c(=O)n(C)c1=O. The first-order valence-corrected chi connectivity index (χ1v) is 4.14. The Morgan fingerprint density at radius 1 is 1.46 bits per heavy atom. The predicted octanol–water partition coefficient (Wildman–Crippen LogP) is -0.461. The van der Waals surface area contributed by atoms with E-state index in [9.17, 15) is 9.59 Å². The van der Waals surface area contributed by atoms with Crippen molar-refractivity contribution in [2.24, 2.45) is 7.05 Å². The zero-order valence-corrected chi connectivity index (χ0v) is 7.78. The van der Waals surface area contributed by atoms with Gasteiger partial charge >= 0.3 is 5.69 Å². The second-order valence-electron chi connectivity index (χ2n) is 2.92. The van der Waals surface area contributed by atoms with Gasteiger partial charge in [0.1, 0.15) is 5.69 Å². The number of hydrogen-bond donors (Lipinski definition) is 1. The number of nitrogen functional groups attached to an aromatic ring is 1. The van der Waals surface area contributed by atoms with Gasteiger partial charge in [0, 0.05) is 19.8 Å². The van der Waals surface area contributed by atoms with Gasteiger partial charge in [0.05, 0.1) is 0 Å². The highest BCUT2D eigenvalue weighted by Crippen LogP contribution is 1.90. The average Bonchev–Trinajstić information content (AvgIpc) is 2.11. The summed E-state index contributed by atoms with van der Waals surface area (Å²) in [5.74, 6) is 0. The lowest BCUT2D eigenvalue weighted by Crippen LogP contribution is -2.38. The Kier molecular flexibility index (Phi) is 2.55. The van der Waals surface area contributed by atoms with Gasteiger partial charge in [-0.2, -0.15) is 0 Å². The second kappa shape index (κ2) is 3.47. The topological polar surface area (TPSA) is 70.0 Å². The summed E-state index contributed by atoms with van der Waals surface area (Å²) >= 11 is 0. The molecule has 0 aliphatic heterocycles. The molecule has 0 radical (unpaired) electrons. The van der Waals surface area contributed by atoms with Gasteiger partial charge in [-0.3, -0.25) is 13.9 Å². The molecule has 0 amide bonds. The Hall–Kier alpha value is -1.52. The van der Waals surface area contributed by atoms with Crippen molar-refractivity contribution < 1.29 is 0 Å². The van der Waals surface area contributed by atoms with Gasteiger partial charge in [0.2, 0.25) is 0 Å². The Morgan fingerprint density at radius 2 is 2.08 bits per heavy atom. The Balaban J connectivity index is 3.42. The Morgan fingerprint density at radius 3 is 2.62 bits per heavy atom. The summed E-state index contributed by atoms with van der Waals surface area (Å²) in [4.78, 5) is 22.6. The van der Waals surface area contributed by atoms with Crippen LogP contribution in [0, 0.1) is 0 Å². The third kappa shape index (κ3) is 1.63. The zero-order chi connectivity index (χ0) is 10.0. The zero-order valence-electron chi connectivity index (χ0n) is 7.78. The van der Waals surface area contributed by atoms with Crippen molar-refractivity contribution in [1.82, 2.24) is 9.13 Å². The van der Waals surface area contributed by atoms with E-state index in [0.29, 0.717) is 6.54 Å². The second-order valence-corrected chi connectivity index (χ2v) is 2.92. The van der Waals surface area contributed by atoms with Crippen LogP contribution in [0.5, 0.6) is 0 Å². The van der Waals surface area contributed by atoms with Crippen molar-refractivity contribution in [2.45, 2.75) is 19.9 Å². The first-order valence-electron chi connectivity index (χ1n) is 4.14. The van der Waals surface area contributed by atoms with Gasteiger partial charge in [-0.1, -0.05) is 6.92 Å². The largest absolute Gasteiger partial charge is 0.393 e. The van der Waals surface area contributed by atoms with E-state index in [2.05, 4.69) is 0 Å². The van der Waals surface area contributed by atoms with Gasteiger partial charge in [0.25, 0.3) is 5.56 Å². The molecule has 0 aliphatic rings. The van der Waals surface area contributed by atoms with Crippen LogP contribution in [0.3, 0.4) is 0 Å². The van der Waals surface area contributed by atoms with E-state index in [1.54, 1.807) is 0 Å². The van der Waals surface area contributed by atoms with Crippen molar-refractivity contribution in [3.05, 3.63) is 27.0 Å². The van der Waals surface area contributed by atoms with Crippen molar-refractivity contribution in [2.75, 3.05) is 5.73 Å². The average molecular weight is 183 g/mol. The molecule has 0 fully saturated rings. The maximum absolute atomic E-state index is 11.4. The Bertz CT molecular complexity index is 416. The van der Waals surface area contributed by atoms with Crippen molar-refractivity contribution in [1.29, 1.82) is 0 Å². The minimum Gasteiger partial charge on any atom is -0.393 e. The molecule has 5 nitrogen and oxygen atoms in total. The molecule has 1 heterocycles. The molecular formula is C8H13N3O2. The van der Waals surface area contributed by atoms with E-state index < -0.39 is 5.56 Å². The standard InChI is InChI=1S/C8H13N3O2/c1-3-4-11-5-6(9)7(12)10(2)8(11)13/h5H,3-4,9H2,1-2H3. The normalized spacial score (nSPS) is 10.3. The van der Waals surface area contributed by atoms with Gasteiger partial charge in [-0.25, -0.2) is 4.79 Å². The van der Waals surface area contributed by atoms with Crippen LogP contribution in [0.25, 0.3) is 0 Å². The van der Waals surface area contributed by atoms with Crippen LogP contribution in [-0.2, 0) is 13.6 Å². The molecule has 0 saturated heterocycles. The van der Waals surface area contributed by atoms with E-state index in [1.807, 2.05) is 6.92 Å². The van der Waals surface area contributed by atoms with Crippen LogP contribution < -0.4 is 17.0 Å². The predicted molar refractivity (Wildman–Crippen MR) is 50.6 cm³/mol. The molecule has 1 rings (SSSR count). The number of aromatic nitrogens is 2. The van der Waals surface area contributed by atoms with E-state index in [1.165, 1.54) is 17.8 Å². The molecule has 0 saturated carbocycles. The molecule has 2 N–H and O–H groups in total. The van der Waals surface area contributed by atoms with Crippen LogP contribution in [0.1, 0.15) is 13.3 Å². The molecule has 0 unspecified atom stereocenters. The molecule has 5 heteroatoms. The van der Waals surface area contributed by atoms with Gasteiger partial charge in [-0.05, 0) is 6.42 Å². The van der Waals surface area contributed by atoms with E-state index in [4.69, 9.17) is 5.73 Å². The van der Waals surface area contributed by atoms with Crippen LogP contribution in [0.4, 0.5) is 5.69 Å². The molecule has 13 heavy (non-hydrogen) atoms. The van der Waals surface area contributed by atoms with E-state index in [0.717, 1.165) is 11.0 Å². The number of aryl methyl sites for hydroxylation is 1. The maximum atomic E-state index is 11.4. The number of nitrogens with zero attached hydrogens (tertiary/aromatic N) is 2. The fourth-order valence-corrected chi connectivity index (χ4v) is 1.15. The van der Waals surface area contributed by atoms with Crippen molar-refractivity contribution in [3.8, 4) is 0 Å². The van der Waals surface area contributed by atoms with Gasteiger partial charge < -0.3 is 5.73 Å². The summed E-state index contributed by atoms with van der Waals surface area (Å²) in [5.41, 5.74) is 4.78. The summed E-state index contributed by atoms with van der Waals surface area (Å²) in [6.07, 6.45) is 2.23. The maximum Gasteiger partial charge on any atom is 0.330 e. The number of nitrogens with two attached hydrogens (primary N) is 1. The van der Waals surface area contributed by atoms with Crippen LogP contribution >= 0.6 is 0 Å². The number of rotatable bonds is 2. The fourth-order valence-electron chi connectivity index (χ4n) is 1.15. The molecule has 0 aliphatic carbocycles. The summed E-state index contributed by atoms with van der Waals surface area (Å²) < 4.78 is 2.46. The van der Waals surface area contributed by atoms with E-state index in [-0.39, 0.29) is 11.4 Å². The smallest absolute Gasteiger partial charge is 0.330 e. The molecule has 0 bridgehead atoms. The summed E-state index contributed by atoms with van der Waals surface area (Å²) in [7, 11) is 1.42. The lowest BCUT2D eigenvalue weighted by atomic mass is 10.4. The lowest BCUT2D eigenvalue weighted by molar-refractivity contribution is 0.593. The van der Waals surface area contributed by atoms with Crippen molar-refractivity contribution in [3.63, 3.8) is 0 Å². The minimum absolute atomic E-state index is 0.107. The first kappa shape index (κ1) is 9.57. The minimum atomic E-state index is -0.433. The Labute approximate surface area is 75.4 Å². The summed E-state index contributed by atoms with van der Waals surface area (Å²) in [6, 6.07) is 0. The molecule has 0 spiro atoms. The summed E-state index contributed by atoms with van der Waals surface area (Å²) in [6.45, 7) is 2.53. The fraction of sp³-hybridized carbons (Fsp3) is 0.500. The molecule has 72 valence electrons. The van der Waals surface area contributed by atoms with Crippen molar-refractivity contribution >= 4 is 5.69 Å². The quantitative estimate of drug-likeness (QED) is 0.674. The highest BCUT2D eigenvalue weighted by atomic mass is 16.2. The lowest BCUT2D eigenvalue weighted by Gasteiger charge is -2.06. The number of anilines is 1. The summed E-state index contributed by atoms with van der Waals surface area (Å²) in [5, 5.41) is 0. The third-order valence-corrected chi connectivity index (χ3v) is 1.84. The molecular weight excluding hydrogens is 170 g/mol. The highest BCUT2D eigenvalue weighted by molar-refractivity contribution is 5.30. The van der Waals surface area contributed by atoms with Crippen LogP contribution in [0.15, 0.2) is 15.8 Å². The highest BCUT2D eigenvalue weighted by Gasteiger charge is 2.04. The van der Waals surface area contributed by atoms with Gasteiger partial charge in [-0.15, -0.1) is 0 Å². The van der Waals surface area contributed by atoms with E-state index >= 15 is 0 Å². The van der Waals surface area contributed by atoms with Gasteiger partial charge in [0.15, 0.2) is 0 Å². The van der Waals surface area contributed by atoms with Crippen LogP contribution in [-0.4, -0.2) is 9.13 Å². The molecule has 0 aromatic carbocycles. The monoisotopic (exact) mass is 183 g/mol. The third-order valence-electron chi connectivity index (χ3n) is 1.84. The molecule has 1 aromatic heterocycles. The first-order chi connectivity index (χ1) is 6.07. The molecule has 0 atom stereocenters.